The quantitative estimate of drug-likeness (QED) is 0.294. The molecule has 1 heterocycles. The van der Waals surface area contributed by atoms with Gasteiger partial charge < -0.3 is 15.4 Å². The molecule has 0 saturated carbocycles. The number of hydrogen-bond acceptors (Lipinski definition) is 7. The van der Waals surface area contributed by atoms with Crippen molar-refractivity contribution in [3.05, 3.63) is 4.91 Å². The molecule has 0 bridgehead atoms. The van der Waals surface area contributed by atoms with Crippen molar-refractivity contribution < 1.29 is 14.3 Å². The van der Waals surface area contributed by atoms with Gasteiger partial charge in [0.2, 0.25) is 6.41 Å². The number of carbonyl (C=O) groups excluding carboxylic acids is 2. The smallest absolute Gasteiger partial charge is 0.328 e. The Morgan fingerprint density at radius 3 is 2.79 bits per heavy atom. The highest BCUT2D eigenvalue weighted by molar-refractivity contribution is 7.99. The predicted octanol–water partition coefficient (Wildman–Crippen LogP) is 0.591. The molecule has 1 fully saturated rings. The van der Waals surface area contributed by atoms with Crippen LogP contribution in [0.15, 0.2) is 4.58 Å². The van der Waals surface area contributed by atoms with Crippen LogP contribution >= 0.6 is 11.9 Å². The lowest BCUT2D eigenvalue weighted by Crippen LogP contribution is -2.47. The summed E-state index contributed by atoms with van der Waals surface area (Å²) in [6.07, 6.45) is 2.28. The fourth-order valence-corrected chi connectivity index (χ4v) is 2.99. The molecule has 1 aliphatic heterocycles. The Morgan fingerprint density at radius 1 is 1.58 bits per heavy atom. The van der Waals surface area contributed by atoms with E-state index in [0.717, 1.165) is 37.9 Å². The van der Waals surface area contributed by atoms with Gasteiger partial charge in [-0.25, -0.2) is 4.79 Å². The van der Waals surface area contributed by atoms with E-state index in [9.17, 15) is 14.5 Å². The second kappa shape index (κ2) is 8.11. The van der Waals surface area contributed by atoms with Gasteiger partial charge in [0.05, 0.1) is 6.61 Å². The summed E-state index contributed by atoms with van der Waals surface area (Å²) in [5.74, 6) is -0.473. The lowest BCUT2D eigenvalue weighted by molar-refractivity contribution is -0.146. The summed E-state index contributed by atoms with van der Waals surface area (Å²) in [7, 11) is 0. The number of amides is 1. The van der Waals surface area contributed by atoms with Gasteiger partial charge in [0.1, 0.15) is 6.04 Å². The number of hydrogen-bond donors (Lipinski definition) is 2. The van der Waals surface area contributed by atoms with Crippen molar-refractivity contribution in [3.8, 4) is 0 Å². The SMILES string of the molecule is CCOC(=O)C(CC1(SN=O)CCNCC1)NC=O. The molecule has 0 spiro atoms. The van der Waals surface area contributed by atoms with Gasteiger partial charge in [-0.15, -0.1) is 4.91 Å². The van der Waals surface area contributed by atoms with Gasteiger partial charge in [0.25, 0.3) is 0 Å². The molecule has 1 atom stereocenters. The molecule has 0 aromatic rings. The monoisotopic (exact) mass is 289 g/mol. The fraction of sp³-hybridized carbons (Fsp3) is 0.818. The number of ether oxygens (including phenoxy) is 1. The van der Waals surface area contributed by atoms with Crippen molar-refractivity contribution in [2.45, 2.75) is 37.0 Å². The van der Waals surface area contributed by atoms with Crippen molar-refractivity contribution in [2.75, 3.05) is 19.7 Å². The van der Waals surface area contributed by atoms with Gasteiger partial charge >= 0.3 is 5.97 Å². The molecular weight excluding hydrogens is 270 g/mol. The van der Waals surface area contributed by atoms with E-state index in [4.69, 9.17) is 4.74 Å². The maximum atomic E-state index is 11.8. The minimum Gasteiger partial charge on any atom is -0.464 e. The Labute approximate surface area is 116 Å². The fourth-order valence-electron chi connectivity index (χ4n) is 2.20. The van der Waals surface area contributed by atoms with Crippen molar-refractivity contribution in [2.24, 2.45) is 4.58 Å². The van der Waals surface area contributed by atoms with Crippen LogP contribution < -0.4 is 10.6 Å². The zero-order valence-corrected chi connectivity index (χ0v) is 11.7. The van der Waals surface area contributed by atoms with Crippen LogP contribution in [0.1, 0.15) is 26.2 Å². The molecule has 1 saturated heterocycles. The van der Waals surface area contributed by atoms with Crippen molar-refractivity contribution >= 4 is 24.3 Å². The standard InChI is InChI=1S/C11H19N3O4S/c1-2-18-10(16)9(13-8-15)7-11(19-14-17)3-5-12-6-4-11/h8-9,12H,2-7H2,1H3,(H,13,15). The minimum atomic E-state index is -0.732. The Bertz CT molecular complexity index is 321. The lowest BCUT2D eigenvalue weighted by Gasteiger charge is -2.36. The van der Waals surface area contributed by atoms with Crippen LogP contribution in [0.25, 0.3) is 0 Å². The average molecular weight is 289 g/mol. The van der Waals surface area contributed by atoms with Gasteiger partial charge in [-0.2, -0.15) is 0 Å². The summed E-state index contributed by atoms with van der Waals surface area (Å²) in [5.41, 5.74) is 0. The van der Waals surface area contributed by atoms with Crippen molar-refractivity contribution in [1.29, 1.82) is 0 Å². The number of esters is 1. The van der Waals surface area contributed by atoms with Crippen molar-refractivity contribution in [1.82, 2.24) is 10.6 Å². The van der Waals surface area contributed by atoms with E-state index in [2.05, 4.69) is 15.2 Å². The summed E-state index contributed by atoms with van der Waals surface area (Å²) in [6, 6.07) is -0.732. The van der Waals surface area contributed by atoms with E-state index in [1.807, 2.05) is 0 Å². The molecule has 1 amide bonds. The van der Waals surface area contributed by atoms with E-state index >= 15 is 0 Å². The van der Waals surface area contributed by atoms with Crippen LogP contribution in [0.3, 0.4) is 0 Å². The molecule has 7 nitrogen and oxygen atoms in total. The van der Waals surface area contributed by atoms with Gasteiger partial charge in [-0.05, 0) is 39.3 Å². The summed E-state index contributed by atoms with van der Waals surface area (Å²) in [4.78, 5) is 33.0. The Morgan fingerprint density at radius 2 is 2.26 bits per heavy atom. The summed E-state index contributed by atoms with van der Waals surface area (Å²) in [6.45, 7) is 3.49. The maximum absolute atomic E-state index is 11.8. The van der Waals surface area contributed by atoms with Crippen molar-refractivity contribution in [3.63, 3.8) is 0 Å². The largest absolute Gasteiger partial charge is 0.464 e. The molecule has 19 heavy (non-hydrogen) atoms. The third kappa shape index (κ3) is 4.79. The number of carbonyl (C=O) groups is 2. The molecule has 108 valence electrons. The Kier molecular flexibility index (Phi) is 6.79. The molecule has 0 aliphatic carbocycles. The minimum absolute atomic E-state index is 0.253. The number of piperidine rings is 1. The number of nitroso groups, excluding NO2 is 1. The zero-order valence-electron chi connectivity index (χ0n) is 10.9. The molecule has 2 N–H and O–H groups in total. The molecule has 0 radical (unpaired) electrons. The Hall–Kier alpha value is -1.15. The molecule has 0 aromatic carbocycles. The van der Waals surface area contributed by atoms with E-state index in [1.54, 1.807) is 6.92 Å². The highest BCUT2D eigenvalue weighted by Crippen LogP contribution is 2.39. The normalized spacial score (nSPS) is 19.2. The van der Waals surface area contributed by atoms with Crippen LogP contribution in [0, 0.1) is 4.91 Å². The van der Waals surface area contributed by atoms with Gasteiger partial charge in [0, 0.05) is 21.3 Å². The first kappa shape index (κ1) is 15.9. The summed E-state index contributed by atoms with van der Waals surface area (Å²) >= 11 is 0.955. The molecule has 8 heteroatoms. The average Bonchev–Trinajstić information content (AvgIpc) is 2.40. The first-order valence-corrected chi connectivity index (χ1v) is 7.02. The number of nitrogens with zero attached hydrogens (tertiary/aromatic N) is 1. The molecular formula is C11H19N3O4S. The summed E-state index contributed by atoms with van der Waals surface area (Å²) < 4.78 is 7.43. The van der Waals surface area contributed by atoms with E-state index < -0.39 is 16.8 Å². The molecule has 1 unspecified atom stereocenters. The first-order valence-electron chi connectivity index (χ1n) is 6.25. The Balaban J connectivity index is 2.74. The number of nitrogens with one attached hydrogen (secondary N) is 2. The third-order valence-electron chi connectivity index (χ3n) is 3.16. The highest BCUT2D eigenvalue weighted by atomic mass is 32.2. The van der Waals surface area contributed by atoms with E-state index in [1.165, 1.54) is 0 Å². The maximum Gasteiger partial charge on any atom is 0.328 e. The van der Waals surface area contributed by atoms with Crippen LogP contribution in [0.5, 0.6) is 0 Å². The second-order valence-corrected chi connectivity index (χ2v) is 5.59. The van der Waals surface area contributed by atoms with Gasteiger partial charge in [0.15, 0.2) is 0 Å². The lowest BCUT2D eigenvalue weighted by atomic mass is 9.90. The second-order valence-electron chi connectivity index (χ2n) is 4.39. The van der Waals surface area contributed by atoms with E-state index in [0.29, 0.717) is 12.8 Å². The third-order valence-corrected chi connectivity index (χ3v) is 4.20. The first-order chi connectivity index (χ1) is 9.17. The van der Waals surface area contributed by atoms with Crippen LogP contribution in [0.2, 0.25) is 0 Å². The summed E-state index contributed by atoms with van der Waals surface area (Å²) in [5, 5.41) is 5.66. The highest BCUT2D eigenvalue weighted by Gasteiger charge is 2.38. The number of rotatable bonds is 8. The molecule has 1 aliphatic rings. The van der Waals surface area contributed by atoms with Crippen LogP contribution in [-0.4, -0.2) is 42.9 Å². The topological polar surface area (TPSA) is 96.9 Å². The molecule has 0 aromatic heterocycles. The zero-order chi connectivity index (χ0) is 14.1. The van der Waals surface area contributed by atoms with Gasteiger partial charge in [-0.3, -0.25) is 4.79 Å². The van der Waals surface area contributed by atoms with Crippen LogP contribution in [-0.2, 0) is 14.3 Å². The van der Waals surface area contributed by atoms with E-state index in [-0.39, 0.29) is 6.61 Å². The van der Waals surface area contributed by atoms with Gasteiger partial charge in [-0.1, -0.05) is 0 Å². The molecule has 1 rings (SSSR count). The predicted molar refractivity (Wildman–Crippen MR) is 72.5 cm³/mol. The van der Waals surface area contributed by atoms with Crippen LogP contribution in [0.4, 0.5) is 0 Å².